The minimum absolute atomic E-state index is 0.238. The SMILES string of the molecule is C=CCC(=O)OC(C=C)CC=C. The monoisotopic (exact) mass is 166 g/mol. The largest absolute Gasteiger partial charge is 0.458 e. The van der Waals surface area contributed by atoms with Crippen molar-refractivity contribution in [1.82, 2.24) is 0 Å². The predicted molar refractivity (Wildman–Crippen MR) is 49.7 cm³/mol. The first-order valence-electron chi connectivity index (χ1n) is 3.78. The standard InChI is InChI=1S/C10H14O2/c1-4-7-9(6-3)12-10(11)8-5-2/h4-6,9H,1-3,7-8H2. The molecule has 0 heterocycles. The van der Waals surface area contributed by atoms with E-state index in [1.165, 1.54) is 6.08 Å². The van der Waals surface area contributed by atoms with E-state index >= 15 is 0 Å². The molecular formula is C10H14O2. The third-order valence-electron chi connectivity index (χ3n) is 1.26. The third-order valence-corrected chi connectivity index (χ3v) is 1.26. The smallest absolute Gasteiger partial charge is 0.310 e. The van der Waals surface area contributed by atoms with Gasteiger partial charge in [0, 0.05) is 6.42 Å². The minimum atomic E-state index is -0.281. The van der Waals surface area contributed by atoms with Gasteiger partial charge in [0.1, 0.15) is 6.10 Å². The fourth-order valence-corrected chi connectivity index (χ4v) is 0.692. The molecule has 0 aromatic heterocycles. The van der Waals surface area contributed by atoms with E-state index in [0.717, 1.165) is 0 Å². The summed E-state index contributed by atoms with van der Waals surface area (Å²) in [5.41, 5.74) is 0. The Labute approximate surface area is 73.2 Å². The molecule has 0 aromatic carbocycles. The van der Waals surface area contributed by atoms with Crippen LogP contribution in [0.1, 0.15) is 12.8 Å². The topological polar surface area (TPSA) is 26.3 Å². The molecule has 0 aliphatic rings. The molecule has 0 bridgehead atoms. The van der Waals surface area contributed by atoms with Crippen molar-refractivity contribution in [3.8, 4) is 0 Å². The van der Waals surface area contributed by atoms with Crippen LogP contribution in [0.15, 0.2) is 38.0 Å². The molecule has 0 radical (unpaired) electrons. The molecule has 0 aromatic rings. The third kappa shape index (κ3) is 4.50. The number of carbonyl (C=O) groups is 1. The first-order valence-corrected chi connectivity index (χ1v) is 3.78. The summed E-state index contributed by atoms with van der Waals surface area (Å²) >= 11 is 0. The van der Waals surface area contributed by atoms with Crippen molar-refractivity contribution in [3.63, 3.8) is 0 Å². The first kappa shape index (κ1) is 10.7. The van der Waals surface area contributed by atoms with Gasteiger partial charge in [-0.1, -0.05) is 24.8 Å². The number of esters is 1. The van der Waals surface area contributed by atoms with Crippen molar-refractivity contribution in [2.45, 2.75) is 18.9 Å². The molecule has 0 rings (SSSR count). The second kappa shape index (κ2) is 6.40. The van der Waals surface area contributed by atoms with Gasteiger partial charge in [-0.15, -0.1) is 13.2 Å². The molecule has 0 aliphatic carbocycles. The highest BCUT2D eigenvalue weighted by atomic mass is 16.5. The van der Waals surface area contributed by atoms with E-state index in [0.29, 0.717) is 6.42 Å². The number of ether oxygens (including phenoxy) is 1. The summed E-state index contributed by atoms with van der Waals surface area (Å²) in [6, 6.07) is 0. The summed E-state index contributed by atoms with van der Waals surface area (Å²) in [5, 5.41) is 0. The molecule has 1 unspecified atom stereocenters. The lowest BCUT2D eigenvalue weighted by Crippen LogP contribution is -2.14. The summed E-state index contributed by atoms with van der Waals surface area (Å²) in [6.45, 7) is 10.5. The maximum absolute atomic E-state index is 10.9. The first-order chi connectivity index (χ1) is 5.74. The van der Waals surface area contributed by atoms with Crippen LogP contribution in [0.25, 0.3) is 0 Å². The van der Waals surface area contributed by atoms with Crippen LogP contribution in [0.5, 0.6) is 0 Å². The van der Waals surface area contributed by atoms with Crippen molar-refractivity contribution in [2.24, 2.45) is 0 Å². The number of hydrogen-bond acceptors (Lipinski definition) is 2. The Morgan fingerprint density at radius 1 is 1.33 bits per heavy atom. The molecule has 0 fully saturated rings. The van der Waals surface area contributed by atoms with E-state index < -0.39 is 0 Å². The Balaban J connectivity index is 3.83. The van der Waals surface area contributed by atoms with Crippen LogP contribution in [-0.2, 0) is 9.53 Å². The van der Waals surface area contributed by atoms with Crippen LogP contribution in [0, 0.1) is 0 Å². The van der Waals surface area contributed by atoms with E-state index in [1.807, 2.05) is 0 Å². The summed E-state index contributed by atoms with van der Waals surface area (Å²) in [4.78, 5) is 10.9. The molecule has 0 spiro atoms. The Hall–Kier alpha value is -1.31. The Morgan fingerprint density at radius 2 is 2.00 bits per heavy atom. The van der Waals surface area contributed by atoms with Crippen LogP contribution < -0.4 is 0 Å². The molecule has 66 valence electrons. The minimum Gasteiger partial charge on any atom is -0.458 e. The molecule has 0 N–H and O–H groups in total. The highest BCUT2D eigenvalue weighted by Crippen LogP contribution is 2.02. The molecule has 0 saturated carbocycles. The van der Waals surface area contributed by atoms with Crippen LogP contribution >= 0.6 is 0 Å². The average Bonchev–Trinajstić information content (AvgIpc) is 2.04. The van der Waals surface area contributed by atoms with Crippen LogP contribution in [0.2, 0.25) is 0 Å². The van der Waals surface area contributed by atoms with E-state index in [1.54, 1.807) is 12.2 Å². The normalized spacial score (nSPS) is 11.3. The fourth-order valence-electron chi connectivity index (χ4n) is 0.692. The Kier molecular flexibility index (Phi) is 5.70. The van der Waals surface area contributed by atoms with Gasteiger partial charge >= 0.3 is 5.97 Å². The van der Waals surface area contributed by atoms with Gasteiger partial charge in [-0.3, -0.25) is 4.79 Å². The summed E-state index contributed by atoms with van der Waals surface area (Å²) in [7, 11) is 0. The van der Waals surface area contributed by atoms with Gasteiger partial charge in [0.2, 0.25) is 0 Å². The molecule has 0 aliphatic heterocycles. The van der Waals surface area contributed by atoms with Crippen molar-refractivity contribution in [3.05, 3.63) is 38.0 Å². The molecule has 0 saturated heterocycles. The van der Waals surface area contributed by atoms with Crippen LogP contribution in [-0.4, -0.2) is 12.1 Å². The van der Waals surface area contributed by atoms with E-state index in [-0.39, 0.29) is 18.5 Å². The average molecular weight is 166 g/mol. The van der Waals surface area contributed by atoms with Gasteiger partial charge in [0.25, 0.3) is 0 Å². The van der Waals surface area contributed by atoms with Crippen molar-refractivity contribution >= 4 is 5.97 Å². The molecular weight excluding hydrogens is 152 g/mol. The molecule has 1 atom stereocenters. The fraction of sp³-hybridized carbons (Fsp3) is 0.300. The van der Waals surface area contributed by atoms with Gasteiger partial charge in [-0.25, -0.2) is 0 Å². The predicted octanol–water partition coefficient (Wildman–Crippen LogP) is 2.24. The Morgan fingerprint density at radius 3 is 2.42 bits per heavy atom. The van der Waals surface area contributed by atoms with Crippen molar-refractivity contribution in [2.75, 3.05) is 0 Å². The van der Waals surface area contributed by atoms with E-state index in [2.05, 4.69) is 19.7 Å². The van der Waals surface area contributed by atoms with Crippen molar-refractivity contribution < 1.29 is 9.53 Å². The van der Waals surface area contributed by atoms with Gasteiger partial charge in [-0.05, 0) is 0 Å². The number of carbonyl (C=O) groups excluding carboxylic acids is 1. The maximum atomic E-state index is 10.9. The highest BCUT2D eigenvalue weighted by Gasteiger charge is 2.06. The lowest BCUT2D eigenvalue weighted by molar-refractivity contribution is -0.145. The zero-order chi connectivity index (χ0) is 9.40. The molecule has 12 heavy (non-hydrogen) atoms. The zero-order valence-electron chi connectivity index (χ0n) is 7.16. The zero-order valence-corrected chi connectivity index (χ0v) is 7.16. The summed E-state index contributed by atoms with van der Waals surface area (Å²) in [5.74, 6) is -0.281. The molecule has 2 heteroatoms. The van der Waals surface area contributed by atoms with E-state index in [4.69, 9.17) is 4.74 Å². The lowest BCUT2D eigenvalue weighted by atomic mass is 10.2. The summed E-state index contributed by atoms with van der Waals surface area (Å²) < 4.78 is 4.98. The van der Waals surface area contributed by atoms with Crippen LogP contribution in [0.3, 0.4) is 0 Å². The van der Waals surface area contributed by atoms with E-state index in [9.17, 15) is 4.79 Å². The second-order valence-electron chi connectivity index (χ2n) is 2.28. The Bertz CT molecular complexity index is 182. The maximum Gasteiger partial charge on any atom is 0.310 e. The number of rotatable bonds is 6. The highest BCUT2D eigenvalue weighted by molar-refractivity contribution is 5.71. The van der Waals surface area contributed by atoms with Gasteiger partial charge in [-0.2, -0.15) is 0 Å². The van der Waals surface area contributed by atoms with Gasteiger partial charge in [0.15, 0.2) is 0 Å². The quantitative estimate of drug-likeness (QED) is 0.447. The number of hydrogen-bond donors (Lipinski definition) is 0. The molecule has 0 amide bonds. The lowest BCUT2D eigenvalue weighted by Gasteiger charge is -2.10. The summed E-state index contributed by atoms with van der Waals surface area (Å²) in [6.07, 6.45) is 5.37. The van der Waals surface area contributed by atoms with Gasteiger partial charge in [0.05, 0.1) is 6.42 Å². The molecule has 2 nitrogen and oxygen atoms in total. The second-order valence-corrected chi connectivity index (χ2v) is 2.28. The van der Waals surface area contributed by atoms with Crippen molar-refractivity contribution in [1.29, 1.82) is 0 Å². The van der Waals surface area contributed by atoms with Gasteiger partial charge < -0.3 is 4.74 Å². The van der Waals surface area contributed by atoms with Crippen LogP contribution in [0.4, 0.5) is 0 Å².